The van der Waals surface area contributed by atoms with Gasteiger partial charge in [0.15, 0.2) is 0 Å². The molecule has 0 aliphatic carbocycles. The summed E-state index contributed by atoms with van der Waals surface area (Å²) >= 11 is 0. The Morgan fingerprint density at radius 2 is 2.00 bits per heavy atom. The van der Waals surface area contributed by atoms with E-state index in [0.29, 0.717) is 19.5 Å². The fraction of sp³-hybridized carbons (Fsp3) is 0.417. The molecular weight excluding hydrogens is 220 g/mol. The van der Waals surface area contributed by atoms with Gasteiger partial charge in [0, 0.05) is 13.1 Å². The first-order valence-corrected chi connectivity index (χ1v) is 5.56. The van der Waals surface area contributed by atoms with Gasteiger partial charge >= 0.3 is 0 Å². The van der Waals surface area contributed by atoms with Crippen molar-refractivity contribution in [3.63, 3.8) is 0 Å². The fourth-order valence-corrected chi connectivity index (χ4v) is 1.84. The van der Waals surface area contributed by atoms with Gasteiger partial charge in [-0.25, -0.2) is 0 Å². The van der Waals surface area contributed by atoms with Gasteiger partial charge in [-0.05, 0) is 24.1 Å². The molecule has 0 bridgehead atoms. The van der Waals surface area contributed by atoms with Crippen LogP contribution >= 0.6 is 0 Å². The molecule has 1 aromatic rings. The summed E-state index contributed by atoms with van der Waals surface area (Å²) in [7, 11) is 0. The van der Waals surface area contributed by atoms with Gasteiger partial charge in [-0.3, -0.25) is 4.79 Å². The van der Waals surface area contributed by atoms with Crippen molar-refractivity contribution in [2.45, 2.75) is 18.6 Å². The number of phenols is 1. The summed E-state index contributed by atoms with van der Waals surface area (Å²) in [6.07, 6.45) is 0.0333. The summed E-state index contributed by atoms with van der Waals surface area (Å²) in [6, 6.07) is 6.03. The largest absolute Gasteiger partial charge is 0.508 e. The second kappa shape index (κ2) is 4.73. The number of carbonyl (C=O) groups is 1. The molecule has 0 unspecified atom stereocenters. The number of rotatable bonds is 3. The van der Waals surface area contributed by atoms with Crippen molar-refractivity contribution < 1.29 is 15.0 Å². The SMILES string of the molecule is N[C@@H](Cc1ccc(O)cc1)C(=O)N1CC(O)C1. The minimum Gasteiger partial charge on any atom is -0.508 e. The topological polar surface area (TPSA) is 86.8 Å². The van der Waals surface area contributed by atoms with E-state index in [0.717, 1.165) is 5.56 Å². The molecule has 1 fully saturated rings. The maximum absolute atomic E-state index is 11.8. The maximum Gasteiger partial charge on any atom is 0.240 e. The zero-order valence-corrected chi connectivity index (χ0v) is 9.41. The van der Waals surface area contributed by atoms with Crippen molar-refractivity contribution in [2.75, 3.05) is 13.1 Å². The standard InChI is InChI=1S/C12H16N2O3/c13-11(12(17)14-6-10(16)7-14)5-8-1-3-9(15)4-2-8/h1-4,10-11,15-16H,5-7,13H2/t11-/m0/s1. The minimum atomic E-state index is -0.591. The highest BCUT2D eigenvalue weighted by Crippen LogP contribution is 2.13. The molecule has 1 aliphatic heterocycles. The summed E-state index contributed by atoms with van der Waals surface area (Å²) in [5.74, 6) is 0.0582. The molecular formula is C12H16N2O3. The number of likely N-dealkylation sites (tertiary alicyclic amines) is 1. The minimum absolute atomic E-state index is 0.136. The lowest BCUT2D eigenvalue weighted by Gasteiger charge is -2.37. The van der Waals surface area contributed by atoms with Crippen molar-refractivity contribution in [1.29, 1.82) is 0 Å². The lowest BCUT2D eigenvalue weighted by atomic mass is 10.0. The third-order valence-electron chi connectivity index (χ3n) is 2.88. The molecule has 4 N–H and O–H groups in total. The smallest absolute Gasteiger partial charge is 0.240 e. The Balaban J connectivity index is 1.90. The first-order chi connectivity index (χ1) is 8.06. The number of amides is 1. The number of nitrogens with zero attached hydrogens (tertiary/aromatic N) is 1. The Kier molecular flexibility index (Phi) is 3.31. The Morgan fingerprint density at radius 3 is 2.53 bits per heavy atom. The van der Waals surface area contributed by atoms with Crippen LogP contribution in [0, 0.1) is 0 Å². The highest BCUT2D eigenvalue weighted by atomic mass is 16.3. The number of carbonyl (C=O) groups excluding carboxylic acids is 1. The van der Waals surface area contributed by atoms with Crippen molar-refractivity contribution in [1.82, 2.24) is 4.90 Å². The number of aromatic hydroxyl groups is 1. The molecule has 1 heterocycles. The third-order valence-corrected chi connectivity index (χ3v) is 2.88. The monoisotopic (exact) mass is 236 g/mol. The number of aliphatic hydroxyl groups is 1. The second-order valence-electron chi connectivity index (χ2n) is 4.37. The fourth-order valence-electron chi connectivity index (χ4n) is 1.84. The first kappa shape index (κ1) is 11.9. The van der Waals surface area contributed by atoms with Crippen molar-refractivity contribution in [3.05, 3.63) is 29.8 Å². The molecule has 0 saturated carbocycles. The van der Waals surface area contributed by atoms with E-state index in [2.05, 4.69) is 0 Å². The molecule has 1 saturated heterocycles. The lowest BCUT2D eigenvalue weighted by Crippen LogP contribution is -2.58. The van der Waals surface area contributed by atoms with Crippen LogP contribution in [-0.2, 0) is 11.2 Å². The number of hydrogen-bond donors (Lipinski definition) is 3. The normalized spacial score (nSPS) is 17.6. The molecule has 1 aliphatic rings. The summed E-state index contributed by atoms with van der Waals surface area (Å²) in [5, 5.41) is 18.2. The highest BCUT2D eigenvalue weighted by Gasteiger charge is 2.31. The average molecular weight is 236 g/mol. The predicted octanol–water partition coefficient (Wildman–Crippen LogP) is -0.535. The molecule has 17 heavy (non-hydrogen) atoms. The Hall–Kier alpha value is -1.59. The lowest BCUT2D eigenvalue weighted by molar-refractivity contribution is -0.142. The third kappa shape index (κ3) is 2.75. The van der Waals surface area contributed by atoms with Crippen molar-refractivity contribution >= 4 is 5.91 Å². The molecule has 1 atom stereocenters. The quantitative estimate of drug-likeness (QED) is 0.658. The van der Waals surface area contributed by atoms with Crippen LogP contribution < -0.4 is 5.73 Å². The van der Waals surface area contributed by atoms with E-state index in [1.54, 1.807) is 29.2 Å². The molecule has 0 spiro atoms. The molecule has 5 nitrogen and oxygen atoms in total. The molecule has 92 valence electrons. The maximum atomic E-state index is 11.8. The van der Waals surface area contributed by atoms with Crippen LogP contribution in [0.25, 0.3) is 0 Å². The second-order valence-corrected chi connectivity index (χ2v) is 4.37. The summed E-state index contributed by atoms with van der Waals surface area (Å²) < 4.78 is 0. The van der Waals surface area contributed by atoms with Gasteiger partial charge in [0.25, 0.3) is 0 Å². The Bertz CT molecular complexity index is 399. The Morgan fingerprint density at radius 1 is 1.41 bits per heavy atom. The van der Waals surface area contributed by atoms with E-state index in [1.165, 1.54) is 0 Å². The summed E-state index contributed by atoms with van der Waals surface area (Å²) in [5.41, 5.74) is 6.71. The zero-order chi connectivity index (χ0) is 12.4. The van der Waals surface area contributed by atoms with Crippen LogP contribution in [0.3, 0.4) is 0 Å². The van der Waals surface area contributed by atoms with E-state index in [1.807, 2.05) is 0 Å². The van der Waals surface area contributed by atoms with E-state index >= 15 is 0 Å². The van der Waals surface area contributed by atoms with Crippen LogP contribution in [-0.4, -0.2) is 46.3 Å². The number of β-amino-alcohol motifs (C(OH)–C–C–N with tert-alkyl or cyclic N) is 1. The van der Waals surface area contributed by atoms with Gasteiger partial charge in [-0.1, -0.05) is 12.1 Å². The van der Waals surface area contributed by atoms with Crippen LogP contribution in [0.5, 0.6) is 5.75 Å². The van der Waals surface area contributed by atoms with E-state index in [-0.39, 0.29) is 11.7 Å². The average Bonchev–Trinajstić information content (AvgIpc) is 2.27. The molecule has 1 amide bonds. The van der Waals surface area contributed by atoms with Crippen LogP contribution in [0.2, 0.25) is 0 Å². The van der Waals surface area contributed by atoms with Gasteiger partial charge in [-0.2, -0.15) is 0 Å². The zero-order valence-electron chi connectivity index (χ0n) is 9.41. The van der Waals surface area contributed by atoms with Gasteiger partial charge < -0.3 is 20.8 Å². The van der Waals surface area contributed by atoms with Gasteiger partial charge in [-0.15, -0.1) is 0 Å². The molecule has 0 aromatic heterocycles. The van der Waals surface area contributed by atoms with Gasteiger partial charge in [0.05, 0.1) is 12.1 Å². The molecule has 2 rings (SSSR count). The number of phenolic OH excluding ortho intramolecular Hbond substituents is 1. The van der Waals surface area contributed by atoms with E-state index < -0.39 is 12.1 Å². The van der Waals surface area contributed by atoms with Crippen molar-refractivity contribution in [2.24, 2.45) is 5.73 Å². The Labute approximate surface area is 99.5 Å². The predicted molar refractivity (Wildman–Crippen MR) is 62.4 cm³/mol. The summed E-state index contributed by atoms with van der Waals surface area (Å²) in [6.45, 7) is 0.754. The van der Waals surface area contributed by atoms with Crippen molar-refractivity contribution in [3.8, 4) is 5.75 Å². The molecule has 0 radical (unpaired) electrons. The van der Waals surface area contributed by atoms with Crippen LogP contribution in [0.1, 0.15) is 5.56 Å². The molecule has 1 aromatic carbocycles. The first-order valence-electron chi connectivity index (χ1n) is 5.56. The van der Waals surface area contributed by atoms with E-state index in [9.17, 15) is 4.79 Å². The molecule has 5 heteroatoms. The van der Waals surface area contributed by atoms with Crippen LogP contribution in [0.15, 0.2) is 24.3 Å². The van der Waals surface area contributed by atoms with E-state index in [4.69, 9.17) is 15.9 Å². The number of nitrogens with two attached hydrogens (primary N) is 1. The van der Waals surface area contributed by atoms with Gasteiger partial charge in [0.1, 0.15) is 5.75 Å². The van der Waals surface area contributed by atoms with Gasteiger partial charge in [0.2, 0.25) is 5.91 Å². The van der Waals surface area contributed by atoms with Crippen LogP contribution in [0.4, 0.5) is 0 Å². The highest BCUT2D eigenvalue weighted by molar-refractivity contribution is 5.82. The summed E-state index contributed by atoms with van der Waals surface area (Å²) in [4.78, 5) is 13.3. The number of benzene rings is 1. The number of hydrogen-bond acceptors (Lipinski definition) is 4. The number of aliphatic hydroxyl groups excluding tert-OH is 1.